The molecule has 1 amide bonds. The third-order valence-electron chi connectivity index (χ3n) is 1.59. The molecule has 0 aliphatic carbocycles. The fourth-order valence-electron chi connectivity index (χ4n) is 1.12. The molecule has 0 aromatic carbocycles. The number of aliphatic imine (C=N–C) groups is 2. The van der Waals surface area contributed by atoms with Gasteiger partial charge in [-0.2, -0.15) is 0 Å². The Morgan fingerprint density at radius 3 is 3.00 bits per heavy atom. The topological polar surface area (TPSA) is 65.8 Å². The van der Waals surface area contributed by atoms with Crippen LogP contribution in [-0.2, 0) is 4.79 Å². The summed E-state index contributed by atoms with van der Waals surface area (Å²) in [5.74, 6) is 1.01. The summed E-state index contributed by atoms with van der Waals surface area (Å²) >= 11 is 4.74. The summed E-state index contributed by atoms with van der Waals surface area (Å²) in [5, 5.41) is 5.50. The first kappa shape index (κ1) is 7.35. The lowest BCUT2D eigenvalue weighted by Gasteiger charge is -2.13. The van der Waals surface area contributed by atoms with Gasteiger partial charge in [0.15, 0.2) is 6.04 Å². The highest BCUT2D eigenvalue weighted by Crippen LogP contribution is 2.06. The molecular weight excluding hydrogens is 176 g/mol. The molecule has 62 valence electrons. The lowest BCUT2D eigenvalue weighted by atomic mass is 10.2. The molecular formula is C6H6N4OS. The largest absolute Gasteiger partial charge is 0.330 e. The molecule has 12 heavy (non-hydrogen) atoms. The van der Waals surface area contributed by atoms with Gasteiger partial charge in [-0.15, -0.1) is 0 Å². The van der Waals surface area contributed by atoms with Gasteiger partial charge in [0.1, 0.15) is 11.7 Å². The van der Waals surface area contributed by atoms with E-state index in [1.807, 2.05) is 0 Å². The number of hydrogen-bond donors (Lipinski definition) is 2. The highest BCUT2D eigenvalue weighted by Gasteiger charge is 2.33. The summed E-state index contributed by atoms with van der Waals surface area (Å²) < 4.78 is 0. The zero-order valence-corrected chi connectivity index (χ0v) is 7.10. The van der Waals surface area contributed by atoms with E-state index >= 15 is 0 Å². The molecule has 0 radical (unpaired) electrons. The molecule has 1 unspecified atom stereocenters. The minimum atomic E-state index is -0.517. The van der Waals surface area contributed by atoms with E-state index < -0.39 is 6.04 Å². The van der Waals surface area contributed by atoms with Crippen LogP contribution in [0.4, 0.5) is 0 Å². The van der Waals surface area contributed by atoms with Crippen molar-refractivity contribution in [3.05, 3.63) is 0 Å². The van der Waals surface area contributed by atoms with Gasteiger partial charge in [0.25, 0.3) is 5.91 Å². The molecule has 0 spiro atoms. The molecule has 6 heteroatoms. The van der Waals surface area contributed by atoms with Crippen molar-refractivity contribution in [3.63, 3.8) is 0 Å². The smallest absolute Gasteiger partial charge is 0.258 e. The minimum Gasteiger partial charge on any atom is -0.330 e. The van der Waals surface area contributed by atoms with Gasteiger partial charge in [-0.1, -0.05) is 0 Å². The highest BCUT2D eigenvalue weighted by atomic mass is 32.1. The molecule has 5 nitrogen and oxygen atoms in total. The number of carbonyl (C=O) groups excluding carboxylic acids is 1. The van der Waals surface area contributed by atoms with Gasteiger partial charge in [-0.25, -0.2) is 4.99 Å². The molecule has 0 fully saturated rings. The van der Waals surface area contributed by atoms with Gasteiger partial charge >= 0.3 is 0 Å². The van der Waals surface area contributed by atoms with Gasteiger partial charge in [0.05, 0.1) is 0 Å². The highest BCUT2D eigenvalue weighted by molar-refractivity contribution is 7.80. The van der Waals surface area contributed by atoms with Gasteiger partial charge in [-0.3, -0.25) is 15.1 Å². The predicted octanol–water partition coefficient (Wildman–Crippen LogP) is -0.810. The van der Waals surface area contributed by atoms with E-state index in [1.165, 1.54) is 0 Å². The number of carbonyl (C=O) groups is 1. The second kappa shape index (κ2) is 2.34. The van der Waals surface area contributed by atoms with Crippen LogP contribution in [0.25, 0.3) is 0 Å². The first-order valence-electron chi connectivity index (χ1n) is 3.41. The maximum absolute atomic E-state index is 11.2. The molecule has 2 aliphatic rings. The van der Waals surface area contributed by atoms with Crippen molar-refractivity contribution < 1.29 is 4.79 Å². The fourth-order valence-corrected chi connectivity index (χ4v) is 1.32. The number of amidine groups is 2. The summed E-state index contributed by atoms with van der Waals surface area (Å²) in [6.45, 7) is 1.77. The van der Waals surface area contributed by atoms with Crippen molar-refractivity contribution in [2.24, 2.45) is 9.98 Å². The average molecular weight is 182 g/mol. The maximum Gasteiger partial charge on any atom is 0.258 e. The van der Waals surface area contributed by atoms with Crippen LogP contribution in [-0.4, -0.2) is 28.7 Å². The Morgan fingerprint density at radius 2 is 2.25 bits per heavy atom. The molecule has 0 saturated heterocycles. The van der Waals surface area contributed by atoms with E-state index in [2.05, 4.69) is 20.6 Å². The van der Waals surface area contributed by atoms with Crippen LogP contribution in [0.15, 0.2) is 9.98 Å². The van der Waals surface area contributed by atoms with Gasteiger partial charge < -0.3 is 5.32 Å². The molecule has 1 atom stereocenters. The molecule has 0 aromatic rings. The molecule has 2 N–H and O–H groups in total. The van der Waals surface area contributed by atoms with E-state index in [4.69, 9.17) is 12.2 Å². The predicted molar refractivity (Wildman–Crippen MR) is 48.2 cm³/mol. The quantitative estimate of drug-likeness (QED) is 0.481. The zero-order valence-electron chi connectivity index (χ0n) is 6.29. The number of fused-ring (bicyclic) bond motifs is 1. The zero-order chi connectivity index (χ0) is 8.72. The molecule has 2 aliphatic heterocycles. The normalized spacial score (nSPS) is 26.9. The van der Waals surface area contributed by atoms with Crippen LogP contribution in [0.5, 0.6) is 0 Å². The molecule has 0 saturated carbocycles. The van der Waals surface area contributed by atoms with Crippen LogP contribution < -0.4 is 10.6 Å². The van der Waals surface area contributed by atoms with Gasteiger partial charge in [0.2, 0.25) is 5.11 Å². The van der Waals surface area contributed by atoms with E-state index in [9.17, 15) is 4.79 Å². The number of hydrogen-bond acceptors (Lipinski definition) is 4. The van der Waals surface area contributed by atoms with Crippen molar-refractivity contribution >= 4 is 34.9 Å². The monoisotopic (exact) mass is 182 g/mol. The molecule has 0 aromatic heterocycles. The summed E-state index contributed by atoms with van der Waals surface area (Å²) in [7, 11) is 0. The Balaban J connectivity index is 2.39. The Morgan fingerprint density at radius 1 is 1.50 bits per heavy atom. The lowest BCUT2D eigenvalue weighted by molar-refractivity contribution is -0.119. The number of amides is 1. The van der Waals surface area contributed by atoms with Crippen molar-refractivity contribution in [2.45, 2.75) is 13.0 Å². The van der Waals surface area contributed by atoms with E-state index in [-0.39, 0.29) is 11.0 Å². The minimum absolute atomic E-state index is 0.198. The Kier molecular flexibility index (Phi) is 1.44. The summed E-state index contributed by atoms with van der Waals surface area (Å²) in [6.07, 6.45) is 0. The van der Waals surface area contributed by atoms with Crippen molar-refractivity contribution in [2.75, 3.05) is 0 Å². The summed E-state index contributed by atoms with van der Waals surface area (Å²) in [6, 6.07) is -0.517. The van der Waals surface area contributed by atoms with Crippen LogP contribution in [0.1, 0.15) is 6.92 Å². The van der Waals surface area contributed by atoms with Crippen molar-refractivity contribution in [1.82, 2.24) is 10.6 Å². The second-order valence-electron chi connectivity index (χ2n) is 2.53. The number of nitrogens with one attached hydrogen (secondary N) is 2. The average Bonchev–Trinajstić information content (AvgIpc) is 2.29. The Labute approximate surface area is 74.0 Å². The maximum atomic E-state index is 11.2. The van der Waals surface area contributed by atoms with E-state index in [0.29, 0.717) is 11.7 Å². The summed E-state index contributed by atoms with van der Waals surface area (Å²) in [5.41, 5.74) is 0. The summed E-state index contributed by atoms with van der Waals surface area (Å²) in [4.78, 5) is 19.2. The first-order valence-corrected chi connectivity index (χ1v) is 3.82. The lowest BCUT2D eigenvalue weighted by Crippen LogP contribution is -2.47. The van der Waals surface area contributed by atoms with E-state index in [1.54, 1.807) is 6.92 Å². The first-order chi connectivity index (χ1) is 5.66. The van der Waals surface area contributed by atoms with Gasteiger partial charge in [0, 0.05) is 0 Å². The van der Waals surface area contributed by atoms with Crippen molar-refractivity contribution in [1.29, 1.82) is 0 Å². The molecule has 0 bridgehead atoms. The van der Waals surface area contributed by atoms with Crippen LogP contribution in [0, 0.1) is 0 Å². The Hall–Kier alpha value is -1.30. The van der Waals surface area contributed by atoms with Gasteiger partial charge in [-0.05, 0) is 19.1 Å². The molecule has 2 rings (SSSR count). The van der Waals surface area contributed by atoms with Crippen molar-refractivity contribution in [3.8, 4) is 0 Å². The number of thiocarbonyl (C=S) groups is 1. The molecule has 2 heterocycles. The third kappa shape index (κ3) is 1.00. The van der Waals surface area contributed by atoms with Crippen LogP contribution in [0.3, 0.4) is 0 Å². The second-order valence-corrected chi connectivity index (χ2v) is 2.92. The Bertz CT molecular complexity index is 332. The van der Waals surface area contributed by atoms with E-state index in [0.717, 1.165) is 0 Å². The fraction of sp³-hybridized carbons (Fsp3) is 0.333. The van der Waals surface area contributed by atoms with Crippen LogP contribution in [0.2, 0.25) is 0 Å². The standard InChI is InChI=1S/C6H6N4OS/c1-2-7-3-4(8-2)9-6(12)10-5(3)11/h3H,1H3,(H2,7,8,9,10,11,12). The number of nitrogens with zero attached hydrogens (tertiary/aromatic N) is 2. The van der Waals surface area contributed by atoms with Crippen LogP contribution >= 0.6 is 12.2 Å². The SMILES string of the molecule is CC1=NC2C(=O)NC(=S)N=C2N1. The third-order valence-corrected chi connectivity index (χ3v) is 1.78. The number of rotatable bonds is 0.